The maximum atomic E-state index is 4.65. The van der Waals surface area contributed by atoms with Gasteiger partial charge in [-0.05, 0) is 37.8 Å². The number of hydrogen-bond donors (Lipinski definition) is 2. The molecule has 1 aromatic heterocycles. The van der Waals surface area contributed by atoms with Crippen molar-refractivity contribution >= 4 is 35.8 Å². The fraction of sp³-hybridized carbons (Fsp3) is 0.667. The molecule has 0 saturated carbocycles. The molecule has 1 fully saturated rings. The lowest BCUT2D eigenvalue weighted by molar-refractivity contribution is 0.683. The van der Waals surface area contributed by atoms with Crippen LogP contribution in [-0.4, -0.2) is 37.1 Å². The number of nitrogens with zero attached hydrogens (tertiary/aromatic N) is 3. The molecule has 136 valence electrons. The third kappa shape index (κ3) is 7.23. The number of aromatic nitrogens is 1. The Hall–Kier alpha value is -1.05. The van der Waals surface area contributed by atoms with E-state index in [-0.39, 0.29) is 24.0 Å². The van der Waals surface area contributed by atoms with Crippen molar-refractivity contribution < 1.29 is 0 Å². The summed E-state index contributed by atoms with van der Waals surface area (Å²) in [5.41, 5.74) is 1.15. The first-order valence-corrected chi connectivity index (χ1v) is 9.05. The molecule has 0 atom stereocenters. The predicted molar refractivity (Wildman–Crippen MR) is 113 cm³/mol. The van der Waals surface area contributed by atoms with E-state index < -0.39 is 0 Å². The zero-order valence-electron chi connectivity index (χ0n) is 15.1. The first kappa shape index (κ1) is 21.0. The van der Waals surface area contributed by atoms with E-state index in [1.807, 2.05) is 6.20 Å². The van der Waals surface area contributed by atoms with Crippen LogP contribution in [-0.2, 0) is 6.54 Å². The van der Waals surface area contributed by atoms with E-state index >= 15 is 0 Å². The van der Waals surface area contributed by atoms with Gasteiger partial charge in [0.15, 0.2) is 5.96 Å². The quantitative estimate of drug-likeness (QED) is 0.278. The number of unbranched alkanes of at least 4 members (excludes halogenated alkanes) is 2. The van der Waals surface area contributed by atoms with Gasteiger partial charge in [0.05, 0.1) is 6.54 Å². The van der Waals surface area contributed by atoms with Crippen LogP contribution < -0.4 is 15.5 Å². The van der Waals surface area contributed by atoms with Crippen LogP contribution in [0.4, 0.5) is 5.82 Å². The van der Waals surface area contributed by atoms with Crippen LogP contribution >= 0.6 is 24.0 Å². The molecule has 0 unspecified atom stereocenters. The van der Waals surface area contributed by atoms with Gasteiger partial charge in [-0.25, -0.2) is 9.98 Å². The van der Waals surface area contributed by atoms with Crippen LogP contribution in [0.15, 0.2) is 23.3 Å². The highest BCUT2D eigenvalue weighted by Crippen LogP contribution is 2.17. The topological polar surface area (TPSA) is 52.6 Å². The maximum absolute atomic E-state index is 4.65. The second kappa shape index (κ2) is 12.3. The zero-order valence-corrected chi connectivity index (χ0v) is 17.4. The Kier molecular flexibility index (Phi) is 10.8. The Labute approximate surface area is 163 Å². The van der Waals surface area contributed by atoms with Crippen LogP contribution in [0.3, 0.4) is 0 Å². The minimum absolute atomic E-state index is 0. The molecule has 0 amide bonds. The van der Waals surface area contributed by atoms with Crippen molar-refractivity contribution in [3.05, 3.63) is 23.9 Å². The normalized spacial score (nSPS) is 14.4. The van der Waals surface area contributed by atoms with Crippen LogP contribution in [0.2, 0.25) is 0 Å². The van der Waals surface area contributed by atoms with Gasteiger partial charge >= 0.3 is 0 Å². The zero-order chi connectivity index (χ0) is 16.3. The summed E-state index contributed by atoms with van der Waals surface area (Å²) in [6.45, 7) is 9.11. The lowest BCUT2D eigenvalue weighted by atomic mass is 10.2. The Bertz CT molecular complexity index is 469. The fourth-order valence-electron chi connectivity index (χ4n) is 2.74. The van der Waals surface area contributed by atoms with Gasteiger partial charge < -0.3 is 15.5 Å². The van der Waals surface area contributed by atoms with Crippen molar-refractivity contribution in [3.8, 4) is 0 Å². The molecule has 1 aliphatic rings. The Balaban J connectivity index is 0.00000288. The molecule has 0 bridgehead atoms. The number of rotatable bonds is 8. The van der Waals surface area contributed by atoms with Crippen LogP contribution in [0.1, 0.15) is 51.5 Å². The van der Waals surface area contributed by atoms with Gasteiger partial charge in [-0.15, -0.1) is 24.0 Å². The summed E-state index contributed by atoms with van der Waals surface area (Å²) in [6.07, 6.45) is 8.20. The Morgan fingerprint density at radius 3 is 2.58 bits per heavy atom. The second-order valence-corrected chi connectivity index (χ2v) is 6.05. The maximum Gasteiger partial charge on any atom is 0.191 e. The molecule has 6 heteroatoms. The fourth-order valence-corrected chi connectivity index (χ4v) is 2.74. The molecule has 1 aliphatic heterocycles. The number of pyridine rings is 1. The molecule has 24 heavy (non-hydrogen) atoms. The van der Waals surface area contributed by atoms with E-state index in [1.165, 1.54) is 32.1 Å². The molecule has 1 aromatic rings. The van der Waals surface area contributed by atoms with Crippen molar-refractivity contribution in [2.75, 3.05) is 31.1 Å². The first-order chi connectivity index (χ1) is 11.3. The SMILES string of the molecule is CCCCCNC(=NCc1ccc(N2CCCC2)nc1)NCC.I. The highest BCUT2D eigenvalue weighted by Gasteiger charge is 2.12. The van der Waals surface area contributed by atoms with Gasteiger partial charge in [-0.1, -0.05) is 25.8 Å². The summed E-state index contributed by atoms with van der Waals surface area (Å²) in [4.78, 5) is 11.6. The number of hydrogen-bond acceptors (Lipinski definition) is 3. The molecular formula is C18H32IN5. The van der Waals surface area contributed by atoms with E-state index in [1.54, 1.807) is 0 Å². The van der Waals surface area contributed by atoms with E-state index in [2.05, 4.69) is 51.5 Å². The lowest BCUT2D eigenvalue weighted by Gasteiger charge is -2.16. The number of guanidine groups is 1. The lowest BCUT2D eigenvalue weighted by Crippen LogP contribution is -2.37. The van der Waals surface area contributed by atoms with Gasteiger partial charge in [-0.2, -0.15) is 0 Å². The van der Waals surface area contributed by atoms with E-state index in [4.69, 9.17) is 0 Å². The molecule has 1 saturated heterocycles. The molecule has 0 aliphatic carbocycles. The summed E-state index contributed by atoms with van der Waals surface area (Å²) in [5, 5.41) is 6.69. The van der Waals surface area contributed by atoms with Crippen LogP contribution in [0.5, 0.6) is 0 Å². The van der Waals surface area contributed by atoms with Crippen molar-refractivity contribution in [3.63, 3.8) is 0 Å². The van der Waals surface area contributed by atoms with Crippen LogP contribution in [0, 0.1) is 0 Å². The molecule has 2 heterocycles. The number of nitrogens with one attached hydrogen (secondary N) is 2. The highest BCUT2D eigenvalue weighted by atomic mass is 127. The molecule has 0 radical (unpaired) electrons. The summed E-state index contributed by atoms with van der Waals surface area (Å²) in [7, 11) is 0. The van der Waals surface area contributed by atoms with Crippen molar-refractivity contribution in [1.82, 2.24) is 15.6 Å². The van der Waals surface area contributed by atoms with E-state index in [0.29, 0.717) is 6.54 Å². The predicted octanol–water partition coefficient (Wildman–Crippen LogP) is 3.55. The van der Waals surface area contributed by atoms with Crippen molar-refractivity contribution in [1.29, 1.82) is 0 Å². The molecular weight excluding hydrogens is 413 g/mol. The second-order valence-electron chi connectivity index (χ2n) is 6.05. The largest absolute Gasteiger partial charge is 0.357 e. The van der Waals surface area contributed by atoms with Crippen molar-refractivity contribution in [2.45, 2.75) is 52.5 Å². The average molecular weight is 445 g/mol. The Morgan fingerprint density at radius 2 is 1.96 bits per heavy atom. The minimum atomic E-state index is 0. The van der Waals surface area contributed by atoms with Gasteiger partial charge in [0.1, 0.15) is 5.82 Å². The average Bonchev–Trinajstić information content (AvgIpc) is 3.11. The third-order valence-electron chi connectivity index (χ3n) is 4.08. The van der Waals surface area contributed by atoms with Gasteiger partial charge in [-0.3, -0.25) is 0 Å². The summed E-state index contributed by atoms with van der Waals surface area (Å²) in [6, 6.07) is 4.27. The number of aliphatic imine (C=N–C) groups is 1. The summed E-state index contributed by atoms with van der Waals surface area (Å²) < 4.78 is 0. The van der Waals surface area contributed by atoms with Gasteiger partial charge in [0.25, 0.3) is 0 Å². The molecule has 0 aromatic carbocycles. The van der Waals surface area contributed by atoms with Gasteiger partial charge in [0, 0.05) is 32.4 Å². The monoisotopic (exact) mass is 445 g/mol. The highest BCUT2D eigenvalue weighted by molar-refractivity contribution is 14.0. The Morgan fingerprint density at radius 1 is 1.17 bits per heavy atom. The standard InChI is InChI=1S/C18H31N5.HI/c1-3-5-6-11-20-18(19-4-2)22-15-16-9-10-17(21-14-16)23-12-7-8-13-23;/h9-10,14H,3-8,11-13,15H2,1-2H3,(H2,19,20,22);1H. The molecule has 2 rings (SSSR count). The molecule has 0 spiro atoms. The molecule has 2 N–H and O–H groups in total. The van der Waals surface area contributed by atoms with Gasteiger partial charge in [0.2, 0.25) is 0 Å². The van der Waals surface area contributed by atoms with E-state index in [9.17, 15) is 0 Å². The van der Waals surface area contributed by atoms with E-state index in [0.717, 1.165) is 43.5 Å². The van der Waals surface area contributed by atoms with Crippen molar-refractivity contribution in [2.24, 2.45) is 4.99 Å². The smallest absolute Gasteiger partial charge is 0.191 e. The minimum Gasteiger partial charge on any atom is -0.357 e. The van der Waals surface area contributed by atoms with Crippen LogP contribution in [0.25, 0.3) is 0 Å². The number of anilines is 1. The first-order valence-electron chi connectivity index (χ1n) is 9.05. The molecule has 5 nitrogen and oxygen atoms in total. The number of halogens is 1. The summed E-state index contributed by atoms with van der Waals surface area (Å²) >= 11 is 0. The third-order valence-corrected chi connectivity index (χ3v) is 4.08. The summed E-state index contributed by atoms with van der Waals surface area (Å²) in [5.74, 6) is 1.99.